The molecular formula is C18H19NO3. The number of hydrogen-bond acceptors (Lipinski definition) is 3. The van der Waals surface area contributed by atoms with E-state index in [2.05, 4.69) is 5.32 Å². The molecule has 0 bridgehead atoms. The molecular weight excluding hydrogens is 278 g/mol. The normalized spacial score (nSPS) is 10.1. The third-order valence-corrected chi connectivity index (χ3v) is 3.49. The molecule has 0 saturated heterocycles. The summed E-state index contributed by atoms with van der Waals surface area (Å²) in [6.45, 7) is 5.41. The summed E-state index contributed by atoms with van der Waals surface area (Å²) in [6.07, 6.45) is 0. The van der Waals surface area contributed by atoms with Gasteiger partial charge in [-0.3, -0.25) is 9.59 Å². The van der Waals surface area contributed by atoms with E-state index in [0.29, 0.717) is 17.0 Å². The predicted molar refractivity (Wildman–Crippen MR) is 86.5 cm³/mol. The van der Waals surface area contributed by atoms with Gasteiger partial charge in [-0.15, -0.1) is 0 Å². The minimum absolute atomic E-state index is 0.00358. The Bertz CT molecular complexity index is 690. The van der Waals surface area contributed by atoms with E-state index in [1.807, 2.05) is 32.0 Å². The number of amides is 1. The van der Waals surface area contributed by atoms with Crippen LogP contribution in [0.3, 0.4) is 0 Å². The van der Waals surface area contributed by atoms with E-state index in [1.54, 1.807) is 24.3 Å². The number of carbonyl (C=O) groups excluding carboxylic acids is 2. The Hall–Kier alpha value is -2.62. The highest BCUT2D eigenvalue weighted by Crippen LogP contribution is 2.20. The summed E-state index contributed by atoms with van der Waals surface area (Å²) in [5.74, 6) is 0.467. The molecule has 1 N–H and O–H groups in total. The second-order valence-corrected chi connectivity index (χ2v) is 5.17. The molecule has 0 fully saturated rings. The highest BCUT2D eigenvalue weighted by atomic mass is 16.5. The van der Waals surface area contributed by atoms with Crippen molar-refractivity contribution < 1.29 is 14.3 Å². The largest absolute Gasteiger partial charge is 0.483 e. The molecule has 0 aliphatic carbocycles. The van der Waals surface area contributed by atoms with Crippen molar-refractivity contribution >= 4 is 17.4 Å². The molecule has 0 unspecified atom stereocenters. The van der Waals surface area contributed by atoms with Crippen LogP contribution in [0.25, 0.3) is 0 Å². The van der Waals surface area contributed by atoms with Crippen molar-refractivity contribution in [3.8, 4) is 5.75 Å². The maximum absolute atomic E-state index is 11.9. The van der Waals surface area contributed by atoms with Gasteiger partial charge in [0.15, 0.2) is 12.4 Å². The molecule has 0 saturated carbocycles. The van der Waals surface area contributed by atoms with E-state index >= 15 is 0 Å². The van der Waals surface area contributed by atoms with Crippen molar-refractivity contribution in [3.63, 3.8) is 0 Å². The Morgan fingerprint density at radius 3 is 2.36 bits per heavy atom. The number of aryl methyl sites for hydroxylation is 1. The van der Waals surface area contributed by atoms with Crippen LogP contribution in [0.5, 0.6) is 5.75 Å². The van der Waals surface area contributed by atoms with Crippen molar-refractivity contribution in [2.24, 2.45) is 0 Å². The molecule has 2 aromatic carbocycles. The zero-order valence-electron chi connectivity index (χ0n) is 13.0. The van der Waals surface area contributed by atoms with Crippen LogP contribution in [0.1, 0.15) is 28.4 Å². The van der Waals surface area contributed by atoms with E-state index in [4.69, 9.17) is 4.74 Å². The zero-order valence-corrected chi connectivity index (χ0v) is 13.0. The van der Waals surface area contributed by atoms with E-state index in [1.165, 1.54) is 6.92 Å². The smallest absolute Gasteiger partial charge is 0.262 e. The summed E-state index contributed by atoms with van der Waals surface area (Å²) < 4.78 is 5.55. The number of benzene rings is 2. The number of ether oxygens (including phenoxy) is 1. The number of nitrogens with one attached hydrogen (secondary N) is 1. The monoisotopic (exact) mass is 297 g/mol. The minimum atomic E-state index is -0.239. The highest BCUT2D eigenvalue weighted by Gasteiger charge is 2.07. The van der Waals surface area contributed by atoms with Crippen molar-refractivity contribution in [2.75, 3.05) is 11.9 Å². The summed E-state index contributed by atoms with van der Waals surface area (Å²) in [5.41, 5.74) is 3.41. The number of hydrogen-bond donors (Lipinski definition) is 1. The summed E-state index contributed by atoms with van der Waals surface area (Å²) in [7, 11) is 0. The number of anilines is 1. The second-order valence-electron chi connectivity index (χ2n) is 5.17. The number of rotatable bonds is 5. The average molecular weight is 297 g/mol. The molecule has 4 heteroatoms. The van der Waals surface area contributed by atoms with E-state index in [9.17, 15) is 9.59 Å². The molecule has 2 rings (SSSR count). The molecule has 114 valence electrons. The Morgan fingerprint density at radius 1 is 1.05 bits per heavy atom. The lowest BCUT2D eigenvalue weighted by atomic mass is 10.1. The predicted octanol–water partition coefficient (Wildman–Crippen LogP) is 3.52. The Labute approximate surface area is 130 Å². The molecule has 0 aliphatic rings. The van der Waals surface area contributed by atoms with Gasteiger partial charge in [-0.1, -0.05) is 12.1 Å². The molecule has 1 amide bonds. The van der Waals surface area contributed by atoms with Gasteiger partial charge in [-0.25, -0.2) is 0 Å². The van der Waals surface area contributed by atoms with Crippen LogP contribution >= 0.6 is 0 Å². The topological polar surface area (TPSA) is 55.4 Å². The van der Waals surface area contributed by atoms with Gasteiger partial charge in [0, 0.05) is 11.3 Å². The van der Waals surface area contributed by atoms with Crippen LogP contribution in [0.2, 0.25) is 0 Å². The Morgan fingerprint density at radius 2 is 1.73 bits per heavy atom. The van der Waals surface area contributed by atoms with Gasteiger partial charge in [-0.05, 0) is 62.2 Å². The van der Waals surface area contributed by atoms with Gasteiger partial charge in [-0.2, -0.15) is 0 Å². The molecule has 0 radical (unpaired) electrons. The molecule has 2 aromatic rings. The van der Waals surface area contributed by atoms with Crippen LogP contribution in [-0.2, 0) is 4.79 Å². The third kappa shape index (κ3) is 3.95. The summed E-state index contributed by atoms with van der Waals surface area (Å²) in [4.78, 5) is 23.1. The first-order chi connectivity index (χ1) is 10.5. The number of carbonyl (C=O) groups is 2. The van der Waals surface area contributed by atoms with Crippen LogP contribution in [0, 0.1) is 13.8 Å². The summed E-state index contributed by atoms with van der Waals surface area (Å²) >= 11 is 0. The number of Topliss-reactive ketones (excluding diaryl/α,β-unsaturated/α-hetero) is 1. The third-order valence-electron chi connectivity index (χ3n) is 3.49. The molecule has 0 atom stereocenters. The number of ketones is 1. The Balaban J connectivity index is 1.93. The minimum Gasteiger partial charge on any atom is -0.483 e. The van der Waals surface area contributed by atoms with Gasteiger partial charge in [0.1, 0.15) is 5.75 Å². The van der Waals surface area contributed by atoms with Gasteiger partial charge >= 0.3 is 0 Å². The lowest BCUT2D eigenvalue weighted by Crippen LogP contribution is -2.20. The van der Waals surface area contributed by atoms with Gasteiger partial charge in [0.05, 0.1) is 0 Å². The second kappa shape index (κ2) is 6.89. The SMILES string of the molecule is CC(=O)c1ccc(NC(=O)COc2cccc(C)c2C)cc1. The lowest BCUT2D eigenvalue weighted by molar-refractivity contribution is -0.118. The van der Waals surface area contributed by atoms with Crippen LogP contribution < -0.4 is 10.1 Å². The maximum Gasteiger partial charge on any atom is 0.262 e. The molecule has 0 spiro atoms. The fourth-order valence-corrected chi connectivity index (χ4v) is 2.01. The van der Waals surface area contributed by atoms with Crippen molar-refractivity contribution in [2.45, 2.75) is 20.8 Å². The summed E-state index contributed by atoms with van der Waals surface area (Å²) in [5, 5.41) is 2.74. The fourth-order valence-electron chi connectivity index (χ4n) is 2.01. The molecule has 0 aromatic heterocycles. The first-order valence-corrected chi connectivity index (χ1v) is 7.07. The van der Waals surface area contributed by atoms with Gasteiger partial charge in [0.2, 0.25) is 0 Å². The van der Waals surface area contributed by atoms with Gasteiger partial charge < -0.3 is 10.1 Å². The Kier molecular flexibility index (Phi) is 4.94. The standard InChI is InChI=1S/C18H19NO3/c1-12-5-4-6-17(13(12)2)22-11-18(21)19-16-9-7-15(8-10-16)14(3)20/h4-10H,11H2,1-3H3,(H,19,21). The average Bonchev–Trinajstić information content (AvgIpc) is 2.49. The van der Waals surface area contributed by atoms with E-state index in [-0.39, 0.29) is 18.3 Å². The van der Waals surface area contributed by atoms with Crippen LogP contribution in [0.4, 0.5) is 5.69 Å². The van der Waals surface area contributed by atoms with Crippen molar-refractivity contribution in [1.29, 1.82) is 0 Å². The fraction of sp³-hybridized carbons (Fsp3) is 0.222. The van der Waals surface area contributed by atoms with E-state index < -0.39 is 0 Å². The zero-order chi connectivity index (χ0) is 16.1. The van der Waals surface area contributed by atoms with E-state index in [0.717, 1.165) is 11.1 Å². The van der Waals surface area contributed by atoms with Crippen molar-refractivity contribution in [1.82, 2.24) is 0 Å². The molecule has 0 aliphatic heterocycles. The highest BCUT2D eigenvalue weighted by molar-refractivity contribution is 5.95. The first-order valence-electron chi connectivity index (χ1n) is 7.07. The van der Waals surface area contributed by atoms with Crippen LogP contribution in [0.15, 0.2) is 42.5 Å². The van der Waals surface area contributed by atoms with Gasteiger partial charge in [0.25, 0.3) is 5.91 Å². The maximum atomic E-state index is 11.9. The molecule has 0 heterocycles. The lowest BCUT2D eigenvalue weighted by Gasteiger charge is -2.11. The summed E-state index contributed by atoms with van der Waals surface area (Å²) in [6, 6.07) is 12.5. The van der Waals surface area contributed by atoms with Crippen molar-refractivity contribution in [3.05, 3.63) is 59.2 Å². The quantitative estimate of drug-likeness (QED) is 0.859. The molecule has 22 heavy (non-hydrogen) atoms. The first kappa shape index (κ1) is 15.8. The van der Waals surface area contributed by atoms with Crippen LogP contribution in [-0.4, -0.2) is 18.3 Å². The molecule has 4 nitrogen and oxygen atoms in total.